The molecular weight excluding hydrogens is 313 g/mol. The molecule has 0 aliphatic carbocycles. The van der Waals surface area contributed by atoms with E-state index in [9.17, 15) is 28.9 Å². The molecule has 0 fully saturated rings. The maximum Gasteiger partial charge on any atom is 0.328 e. The molecule has 0 atom stereocenters. The van der Waals surface area contributed by atoms with Crippen LogP contribution in [0.15, 0.2) is 18.2 Å². The molecule has 9 heteroatoms. The van der Waals surface area contributed by atoms with Crippen LogP contribution in [0.25, 0.3) is 0 Å². The second kappa shape index (κ2) is 7.97. The van der Waals surface area contributed by atoms with Gasteiger partial charge in [0.1, 0.15) is 5.82 Å². The maximum absolute atomic E-state index is 13.1. The Morgan fingerprint density at radius 2 is 1.70 bits per heavy atom. The maximum atomic E-state index is 13.1. The van der Waals surface area contributed by atoms with Crippen molar-refractivity contribution < 1.29 is 33.2 Å². The third-order valence-electron chi connectivity index (χ3n) is 2.73. The van der Waals surface area contributed by atoms with E-state index >= 15 is 0 Å². The van der Waals surface area contributed by atoms with E-state index in [1.54, 1.807) is 0 Å². The van der Waals surface area contributed by atoms with Crippen molar-refractivity contribution in [1.29, 1.82) is 0 Å². The number of esters is 2. The lowest BCUT2D eigenvalue weighted by Crippen LogP contribution is -2.35. The van der Waals surface area contributed by atoms with Crippen LogP contribution >= 0.6 is 0 Å². The number of carbonyl (C=O) groups is 3. The molecule has 0 spiro atoms. The van der Waals surface area contributed by atoms with Gasteiger partial charge in [0.25, 0.3) is 5.69 Å². The first-order valence-electron chi connectivity index (χ1n) is 6.64. The zero-order valence-corrected chi connectivity index (χ0v) is 12.4. The van der Waals surface area contributed by atoms with Gasteiger partial charge in [-0.05, 0) is 26.0 Å². The largest absolute Gasteiger partial charge is 0.465 e. The Morgan fingerprint density at radius 3 is 2.13 bits per heavy atom. The Labute approximate surface area is 130 Å². The Balaban J connectivity index is 3.32. The third kappa shape index (κ3) is 4.31. The van der Waals surface area contributed by atoms with Crippen LogP contribution in [0.3, 0.4) is 0 Å². The van der Waals surface area contributed by atoms with Crippen molar-refractivity contribution in [2.24, 2.45) is 5.92 Å². The van der Waals surface area contributed by atoms with Crippen LogP contribution in [0.4, 0.5) is 10.1 Å². The predicted molar refractivity (Wildman–Crippen MR) is 74.1 cm³/mol. The van der Waals surface area contributed by atoms with Crippen LogP contribution in [0.2, 0.25) is 0 Å². The monoisotopic (exact) mass is 327 g/mol. The molecule has 0 aromatic heterocycles. The molecular formula is C14H14FNO7. The average molecular weight is 327 g/mol. The van der Waals surface area contributed by atoms with E-state index in [2.05, 4.69) is 9.47 Å². The summed E-state index contributed by atoms with van der Waals surface area (Å²) in [5.74, 6) is -6.49. The molecule has 1 rings (SSSR count). The van der Waals surface area contributed by atoms with Crippen LogP contribution in [0, 0.1) is 21.8 Å². The van der Waals surface area contributed by atoms with Gasteiger partial charge in [-0.25, -0.2) is 4.39 Å². The Hall–Kier alpha value is -2.84. The van der Waals surface area contributed by atoms with Gasteiger partial charge in [-0.3, -0.25) is 24.5 Å². The van der Waals surface area contributed by atoms with Gasteiger partial charge >= 0.3 is 11.9 Å². The zero-order valence-electron chi connectivity index (χ0n) is 12.4. The molecule has 0 aliphatic rings. The number of carbonyl (C=O) groups excluding carboxylic acids is 3. The molecule has 1 aromatic carbocycles. The molecule has 0 aliphatic heterocycles. The molecule has 124 valence electrons. The molecule has 0 bridgehead atoms. The van der Waals surface area contributed by atoms with Gasteiger partial charge in [0.15, 0.2) is 5.78 Å². The minimum Gasteiger partial charge on any atom is -0.465 e. The number of ether oxygens (including phenoxy) is 2. The van der Waals surface area contributed by atoms with E-state index in [1.165, 1.54) is 13.8 Å². The molecule has 8 nitrogen and oxygen atoms in total. The van der Waals surface area contributed by atoms with Gasteiger partial charge in [-0.15, -0.1) is 0 Å². The highest BCUT2D eigenvalue weighted by atomic mass is 19.1. The quantitative estimate of drug-likeness (QED) is 0.246. The third-order valence-corrected chi connectivity index (χ3v) is 2.73. The van der Waals surface area contributed by atoms with Crippen molar-refractivity contribution >= 4 is 23.4 Å². The van der Waals surface area contributed by atoms with Crippen molar-refractivity contribution in [2.45, 2.75) is 13.8 Å². The van der Waals surface area contributed by atoms with Crippen LogP contribution < -0.4 is 0 Å². The summed E-state index contributed by atoms with van der Waals surface area (Å²) in [6, 6.07) is 2.18. The van der Waals surface area contributed by atoms with Gasteiger partial charge in [-0.2, -0.15) is 0 Å². The topological polar surface area (TPSA) is 113 Å². The number of hydrogen-bond acceptors (Lipinski definition) is 7. The van der Waals surface area contributed by atoms with Crippen LogP contribution in [0.1, 0.15) is 24.2 Å². The van der Waals surface area contributed by atoms with Crippen molar-refractivity contribution in [3.8, 4) is 0 Å². The smallest absolute Gasteiger partial charge is 0.328 e. The first-order valence-corrected chi connectivity index (χ1v) is 6.64. The highest BCUT2D eigenvalue weighted by molar-refractivity contribution is 6.21. The summed E-state index contributed by atoms with van der Waals surface area (Å²) in [7, 11) is 0. The lowest BCUT2D eigenvalue weighted by Gasteiger charge is -2.13. The summed E-state index contributed by atoms with van der Waals surface area (Å²) >= 11 is 0. The summed E-state index contributed by atoms with van der Waals surface area (Å²) in [4.78, 5) is 46.0. The fourth-order valence-corrected chi connectivity index (χ4v) is 1.78. The van der Waals surface area contributed by atoms with Crippen molar-refractivity contribution in [1.82, 2.24) is 0 Å². The van der Waals surface area contributed by atoms with Crippen LogP contribution in [-0.2, 0) is 19.1 Å². The molecule has 0 radical (unpaired) electrons. The van der Waals surface area contributed by atoms with E-state index in [1.807, 2.05) is 0 Å². The van der Waals surface area contributed by atoms with Crippen molar-refractivity contribution in [3.63, 3.8) is 0 Å². The molecule has 23 heavy (non-hydrogen) atoms. The lowest BCUT2D eigenvalue weighted by molar-refractivity contribution is -0.385. The van der Waals surface area contributed by atoms with Gasteiger partial charge in [0.05, 0.1) is 29.8 Å². The van der Waals surface area contributed by atoms with Gasteiger partial charge < -0.3 is 9.47 Å². The lowest BCUT2D eigenvalue weighted by atomic mass is 9.96. The number of halogens is 1. The van der Waals surface area contributed by atoms with Crippen molar-refractivity contribution in [2.75, 3.05) is 13.2 Å². The van der Waals surface area contributed by atoms with E-state index in [4.69, 9.17) is 0 Å². The average Bonchev–Trinajstić information content (AvgIpc) is 2.47. The molecule has 1 aromatic rings. The Morgan fingerprint density at radius 1 is 1.17 bits per heavy atom. The number of nitro groups is 1. The molecule has 0 heterocycles. The molecule has 0 unspecified atom stereocenters. The first kappa shape index (κ1) is 18.2. The molecule has 0 saturated heterocycles. The normalized spacial score (nSPS) is 10.3. The fourth-order valence-electron chi connectivity index (χ4n) is 1.78. The Kier molecular flexibility index (Phi) is 6.31. The van der Waals surface area contributed by atoms with E-state index in [0.29, 0.717) is 6.07 Å². The number of nitro benzene ring substituents is 1. The minimum atomic E-state index is -2.00. The van der Waals surface area contributed by atoms with Gasteiger partial charge in [-0.1, -0.05) is 0 Å². The highest BCUT2D eigenvalue weighted by Gasteiger charge is 2.40. The Bertz CT molecular complexity index is 626. The number of ketones is 1. The van der Waals surface area contributed by atoms with E-state index < -0.39 is 45.6 Å². The molecule has 0 amide bonds. The summed E-state index contributed by atoms with van der Waals surface area (Å²) < 4.78 is 22.4. The van der Waals surface area contributed by atoms with Gasteiger partial charge in [0, 0.05) is 0 Å². The number of Topliss-reactive ketones (excluding diaryl/α,β-unsaturated/α-hetero) is 1. The van der Waals surface area contributed by atoms with Crippen LogP contribution in [-0.4, -0.2) is 35.9 Å². The summed E-state index contributed by atoms with van der Waals surface area (Å²) in [5.41, 5.74) is -1.43. The fraction of sp³-hybridized carbons (Fsp3) is 0.357. The SMILES string of the molecule is CCOC(=O)C(C(=O)OCC)C(=O)c1ccc(F)cc1[N+](=O)[O-]. The number of benzene rings is 1. The van der Waals surface area contributed by atoms with E-state index in [-0.39, 0.29) is 13.2 Å². The highest BCUT2D eigenvalue weighted by Crippen LogP contribution is 2.24. The zero-order chi connectivity index (χ0) is 17.6. The second-order valence-corrected chi connectivity index (χ2v) is 4.22. The first-order chi connectivity index (χ1) is 10.8. The summed E-state index contributed by atoms with van der Waals surface area (Å²) in [6.07, 6.45) is 0. The number of nitrogens with zero attached hydrogens (tertiary/aromatic N) is 1. The molecule has 0 N–H and O–H groups in total. The minimum absolute atomic E-state index is 0.104. The summed E-state index contributed by atoms with van der Waals surface area (Å²) in [6.45, 7) is 2.72. The van der Waals surface area contributed by atoms with Gasteiger partial charge in [0.2, 0.25) is 5.92 Å². The number of rotatable bonds is 7. The predicted octanol–water partition coefficient (Wildman–Crippen LogP) is 1.66. The second-order valence-electron chi connectivity index (χ2n) is 4.22. The summed E-state index contributed by atoms with van der Waals surface area (Å²) in [5, 5.41) is 10.9. The van der Waals surface area contributed by atoms with Crippen LogP contribution in [0.5, 0.6) is 0 Å². The number of hydrogen-bond donors (Lipinski definition) is 0. The van der Waals surface area contributed by atoms with E-state index in [0.717, 1.165) is 12.1 Å². The van der Waals surface area contributed by atoms with Crippen molar-refractivity contribution in [3.05, 3.63) is 39.7 Å². The standard InChI is InChI=1S/C14H14FNO7/c1-3-22-13(18)11(14(19)23-4-2)12(17)9-6-5-8(15)7-10(9)16(20)21/h5-7,11H,3-4H2,1-2H3. The molecule has 0 saturated carbocycles.